The van der Waals surface area contributed by atoms with Crippen molar-refractivity contribution in [3.63, 3.8) is 0 Å². The zero-order valence-electron chi connectivity index (χ0n) is 14.1. The van der Waals surface area contributed by atoms with E-state index in [9.17, 15) is 4.79 Å². The van der Waals surface area contributed by atoms with Crippen molar-refractivity contribution in [2.24, 2.45) is 0 Å². The summed E-state index contributed by atoms with van der Waals surface area (Å²) in [6.07, 6.45) is 0.116. The Labute approximate surface area is 137 Å². The molecule has 2 aromatic rings. The van der Waals surface area contributed by atoms with Crippen molar-refractivity contribution in [2.75, 3.05) is 12.4 Å². The Bertz CT molecular complexity index is 663. The van der Waals surface area contributed by atoms with E-state index in [0.717, 1.165) is 22.6 Å². The van der Waals surface area contributed by atoms with Gasteiger partial charge in [0.1, 0.15) is 5.75 Å². The van der Waals surface area contributed by atoms with E-state index in [0.29, 0.717) is 12.2 Å². The van der Waals surface area contributed by atoms with Crippen LogP contribution in [0.25, 0.3) is 0 Å². The van der Waals surface area contributed by atoms with E-state index >= 15 is 0 Å². The van der Waals surface area contributed by atoms with Crippen LogP contribution in [0.4, 0.5) is 5.69 Å². The Morgan fingerprint density at radius 2 is 1.83 bits per heavy atom. The van der Waals surface area contributed by atoms with Crippen LogP contribution in [0.3, 0.4) is 0 Å². The number of hydrogen-bond acceptors (Lipinski definition) is 3. The summed E-state index contributed by atoms with van der Waals surface area (Å²) in [4.78, 5) is 12.4. The lowest BCUT2D eigenvalue weighted by atomic mass is 10.1. The molecule has 0 atom stereocenters. The Morgan fingerprint density at radius 1 is 1.13 bits per heavy atom. The van der Waals surface area contributed by atoms with Gasteiger partial charge in [-0.05, 0) is 51.1 Å². The number of carbonyl (C=O) groups is 1. The van der Waals surface area contributed by atoms with Crippen LogP contribution in [-0.4, -0.2) is 19.1 Å². The first-order valence-electron chi connectivity index (χ1n) is 7.66. The number of rotatable bonds is 6. The molecule has 4 nitrogen and oxygen atoms in total. The molecular weight excluding hydrogens is 290 g/mol. The standard InChI is InChI=1S/C19H23NO3/c1-13(2)23-12-16-11-15(7-10-18(16)22-4)19(21)20-17-8-5-14(3)6-9-17/h5-11,13H,12H2,1-4H3,(H,20,21). The molecule has 0 bridgehead atoms. The summed E-state index contributed by atoms with van der Waals surface area (Å²) < 4.78 is 11.0. The molecule has 1 N–H and O–H groups in total. The molecule has 0 spiro atoms. The van der Waals surface area contributed by atoms with Crippen molar-refractivity contribution in [2.45, 2.75) is 33.5 Å². The first kappa shape index (κ1) is 17.0. The number of aryl methyl sites for hydroxylation is 1. The quantitative estimate of drug-likeness (QED) is 0.870. The third-order valence-corrected chi connectivity index (χ3v) is 3.42. The van der Waals surface area contributed by atoms with Crippen molar-refractivity contribution in [1.29, 1.82) is 0 Å². The van der Waals surface area contributed by atoms with E-state index in [4.69, 9.17) is 9.47 Å². The van der Waals surface area contributed by atoms with Crippen LogP contribution in [0.1, 0.15) is 35.3 Å². The summed E-state index contributed by atoms with van der Waals surface area (Å²) in [7, 11) is 1.61. The molecule has 2 rings (SSSR count). The van der Waals surface area contributed by atoms with Gasteiger partial charge < -0.3 is 14.8 Å². The van der Waals surface area contributed by atoms with Gasteiger partial charge in [-0.15, -0.1) is 0 Å². The molecule has 1 amide bonds. The number of amides is 1. The molecule has 0 unspecified atom stereocenters. The summed E-state index contributed by atoms with van der Waals surface area (Å²) in [5, 5.41) is 2.89. The normalized spacial score (nSPS) is 10.7. The molecule has 2 aromatic carbocycles. The molecule has 0 radical (unpaired) electrons. The summed E-state index contributed by atoms with van der Waals surface area (Å²) in [6, 6.07) is 13.1. The molecule has 0 fully saturated rings. The minimum absolute atomic E-state index is 0.116. The van der Waals surface area contributed by atoms with E-state index in [1.54, 1.807) is 19.2 Å². The van der Waals surface area contributed by atoms with E-state index in [2.05, 4.69) is 5.32 Å². The lowest BCUT2D eigenvalue weighted by Gasteiger charge is -2.13. The van der Waals surface area contributed by atoms with Crippen molar-refractivity contribution >= 4 is 11.6 Å². The second-order valence-electron chi connectivity index (χ2n) is 5.71. The molecular formula is C19H23NO3. The van der Waals surface area contributed by atoms with Gasteiger partial charge in [0.2, 0.25) is 0 Å². The summed E-state index contributed by atoms with van der Waals surface area (Å²) in [6.45, 7) is 6.36. The molecule has 0 heterocycles. The number of hydrogen-bond donors (Lipinski definition) is 1. The fraction of sp³-hybridized carbons (Fsp3) is 0.316. The van der Waals surface area contributed by atoms with Gasteiger partial charge in [-0.2, -0.15) is 0 Å². The SMILES string of the molecule is COc1ccc(C(=O)Nc2ccc(C)cc2)cc1COC(C)C. The maximum absolute atomic E-state index is 12.4. The Hall–Kier alpha value is -2.33. The fourth-order valence-corrected chi connectivity index (χ4v) is 2.13. The Morgan fingerprint density at radius 3 is 2.43 bits per heavy atom. The summed E-state index contributed by atoms with van der Waals surface area (Å²) in [5.41, 5.74) is 3.36. The van der Waals surface area contributed by atoms with Gasteiger partial charge in [0, 0.05) is 16.8 Å². The Kier molecular flexibility index (Phi) is 5.77. The van der Waals surface area contributed by atoms with Crippen molar-refractivity contribution in [1.82, 2.24) is 0 Å². The molecule has 4 heteroatoms. The number of ether oxygens (including phenoxy) is 2. The van der Waals surface area contributed by atoms with Crippen LogP contribution in [-0.2, 0) is 11.3 Å². The molecule has 122 valence electrons. The van der Waals surface area contributed by atoms with E-state index < -0.39 is 0 Å². The lowest BCUT2D eigenvalue weighted by Crippen LogP contribution is -2.13. The van der Waals surface area contributed by atoms with Crippen LogP contribution < -0.4 is 10.1 Å². The molecule has 0 aliphatic heterocycles. The first-order chi connectivity index (χ1) is 11.0. The highest BCUT2D eigenvalue weighted by Gasteiger charge is 2.11. The second kappa shape index (κ2) is 7.79. The largest absolute Gasteiger partial charge is 0.496 e. The van der Waals surface area contributed by atoms with Crippen molar-refractivity contribution in [3.8, 4) is 5.75 Å². The third-order valence-electron chi connectivity index (χ3n) is 3.42. The minimum atomic E-state index is -0.151. The van der Waals surface area contributed by atoms with Gasteiger partial charge in [0.15, 0.2) is 0 Å². The Balaban J connectivity index is 2.16. The van der Waals surface area contributed by atoms with Crippen LogP contribution in [0.5, 0.6) is 5.75 Å². The van der Waals surface area contributed by atoms with Gasteiger partial charge in [-0.25, -0.2) is 0 Å². The molecule has 0 saturated carbocycles. The van der Waals surface area contributed by atoms with Crippen LogP contribution in [0, 0.1) is 6.92 Å². The van der Waals surface area contributed by atoms with Crippen molar-refractivity contribution in [3.05, 3.63) is 59.2 Å². The van der Waals surface area contributed by atoms with Crippen LogP contribution in [0.15, 0.2) is 42.5 Å². The monoisotopic (exact) mass is 313 g/mol. The maximum Gasteiger partial charge on any atom is 0.255 e. The number of benzene rings is 2. The molecule has 0 aromatic heterocycles. The molecule has 0 saturated heterocycles. The number of carbonyl (C=O) groups excluding carboxylic acids is 1. The molecule has 23 heavy (non-hydrogen) atoms. The predicted molar refractivity (Wildman–Crippen MR) is 92.1 cm³/mol. The number of nitrogens with one attached hydrogen (secondary N) is 1. The lowest BCUT2D eigenvalue weighted by molar-refractivity contribution is 0.0644. The van der Waals surface area contributed by atoms with E-state index in [1.807, 2.05) is 51.1 Å². The van der Waals surface area contributed by atoms with Gasteiger partial charge >= 0.3 is 0 Å². The fourth-order valence-electron chi connectivity index (χ4n) is 2.13. The van der Waals surface area contributed by atoms with Gasteiger partial charge in [-0.1, -0.05) is 17.7 Å². The second-order valence-corrected chi connectivity index (χ2v) is 5.71. The van der Waals surface area contributed by atoms with E-state index in [-0.39, 0.29) is 12.0 Å². The average Bonchev–Trinajstić information content (AvgIpc) is 2.54. The number of anilines is 1. The van der Waals surface area contributed by atoms with Gasteiger partial charge in [-0.3, -0.25) is 4.79 Å². The molecule has 0 aliphatic rings. The zero-order valence-corrected chi connectivity index (χ0v) is 14.1. The van der Waals surface area contributed by atoms with Crippen LogP contribution in [0.2, 0.25) is 0 Å². The smallest absolute Gasteiger partial charge is 0.255 e. The molecule has 0 aliphatic carbocycles. The topological polar surface area (TPSA) is 47.6 Å². The maximum atomic E-state index is 12.4. The third kappa shape index (κ3) is 4.83. The summed E-state index contributed by atoms with van der Waals surface area (Å²) >= 11 is 0. The van der Waals surface area contributed by atoms with Gasteiger partial charge in [0.25, 0.3) is 5.91 Å². The average molecular weight is 313 g/mol. The van der Waals surface area contributed by atoms with Gasteiger partial charge in [0.05, 0.1) is 19.8 Å². The van der Waals surface area contributed by atoms with Crippen molar-refractivity contribution < 1.29 is 14.3 Å². The van der Waals surface area contributed by atoms with Crippen LogP contribution >= 0.6 is 0 Å². The highest BCUT2D eigenvalue weighted by molar-refractivity contribution is 6.04. The predicted octanol–water partition coefficient (Wildman–Crippen LogP) is 4.18. The van der Waals surface area contributed by atoms with E-state index in [1.165, 1.54) is 0 Å². The number of methoxy groups -OCH3 is 1. The first-order valence-corrected chi connectivity index (χ1v) is 7.66. The highest BCUT2D eigenvalue weighted by Crippen LogP contribution is 2.22. The minimum Gasteiger partial charge on any atom is -0.496 e. The highest BCUT2D eigenvalue weighted by atomic mass is 16.5. The zero-order chi connectivity index (χ0) is 16.8. The summed E-state index contributed by atoms with van der Waals surface area (Å²) in [5.74, 6) is 0.569.